The minimum Gasteiger partial charge on any atom is -0.339 e. The molecule has 0 bridgehead atoms. The summed E-state index contributed by atoms with van der Waals surface area (Å²) in [6.45, 7) is 2.56. The highest BCUT2D eigenvalue weighted by atomic mass is 16.2. The van der Waals surface area contributed by atoms with Crippen LogP contribution in [-0.4, -0.2) is 71.1 Å². The van der Waals surface area contributed by atoms with Gasteiger partial charge in [0, 0.05) is 45.1 Å². The summed E-state index contributed by atoms with van der Waals surface area (Å²) in [6, 6.07) is 6.81. The molecule has 0 atom stereocenters. The number of amides is 4. The number of hydrogen-bond acceptors (Lipinski definition) is 4. The highest BCUT2D eigenvalue weighted by Crippen LogP contribution is 2.26. The molecule has 1 aromatic rings. The van der Waals surface area contributed by atoms with Gasteiger partial charge in [-0.05, 0) is 31.4 Å². The topological polar surface area (TPSA) is 78.0 Å². The summed E-state index contributed by atoms with van der Waals surface area (Å²) in [4.78, 5) is 54.9. The molecule has 2 fully saturated rings. The van der Waals surface area contributed by atoms with E-state index >= 15 is 0 Å². The van der Waals surface area contributed by atoms with Crippen molar-refractivity contribution < 1.29 is 19.2 Å². The van der Waals surface area contributed by atoms with Crippen molar-refractivity contribution in [3.8, 4) is 0 Å². The summed E-state index contributed by atoms with van der Waals surface area (Å²) in [5.41, 5.74) is 0.875. The lowest BCUT2D eigenvalue weighted by Gasteiger charge is -2.37. The van der Waals surface area contributed by atoms with Gasteiger partial charge in [0.1, 0.15) is 0 Å². The molecule has 4 rings (SSSR count). The molecule has 1 aliphatic carbocycles. The van der Waals surface area contributed by atoms with Gasteiger partial charge in [-0.1, -0.05) is 31.4 Å². The second kappa shape index (κ2) is 8.98. The van der Waals surface area contributed by atoms with E-state index in [2.05, 4.69) is 0 Å². The minimum atomic E-state index is -0.280. The van der Waals surface area contributed by atoms with Crippen LogP contribution in [0.3, 0.4) is 0 Å². The highest BCUT2D eigenvalue weighted by Gasteiger charge is 2.35. The quantitative estimate of drug-likeness (QED) is 0.697. The number of piperazine rings is 1. The van der Waals surface area contributed by atoms with Crippen molar-refractivity contribution >= 4 is 23.6 Å². The largest absolute Gasteiger partial charge is 0.339 e. The Bertz CT molecular complexity index is 804. The van der Waals surface area contributed by atoms with Crippen LogP contribution in [0.1, 0.15) is 65.7 Å². The van der Waals surface area contributed by atoms with Gasteiger partial charge < -0.3 is 9.80 Å². The van der Waals surface area contributed by atoms with Gasteiger partial charge in [0.25, 0.3) is 11.8 Å². The fraction of sp³-hybridized carbons (Fsp3) is 0.565. The van der Waals surface area contributed by atoms with Crippen LogP contribution in [-0.2, 0) is 9.59 Å². The summed E-state index contributed by atoms with van der Waals surface area (Å²) >= 11 is 0. The van der Waals surface area contributed by atoms with Crippen LogP contribution in [0.2, 0.25) is 0 Å². The average molecular weight is 412 g/mol. The van der Waals surface area contributed by atoms with Gasteiger partial charge in [0.05, 0.1) is 11.1 Å². The third kappa shape index (κ3) is 4.11. The van der Waals surface area contributed by atoms with E-state index in [4.69, 9.17) is 0 Å². The molecule has 1 aromatic carbocycles. The molecule has 1 saturated carbocycles. The van der Waals surface area contributed by atoms with E-state index in [0.29, 0.717) is 50.1 Å². The van der Waals surface area contributed by atoms with E-state index in [0.717, 1.165) is 25.7 Å². The van der Waals surface area contributed by atoms with E-state index in [1.54, 1.807) is 29.2 Å². The molecule has 0 unspecified atom stereocenters. The van der Waals surface area contributed by atoms with Gasteiger partial charge in [-0.15, -0.1) is 0 Å². The molecule has 0 N–H and O–H groups in total. The second-order valence-corrected chi connectivity index (χ2v) is 8.45. The van der Waals surface area contributed by atoms with Crippen molar-refractivity contribution in [1.82, 2.24) is 14.7 Å². The SMILES string of the molecule is O=C(CCCN1C(=O)c2ccccc2C1=O)N1CCN(C(=O)C2CCCCC2)CC1. The Morgan fingerprint density at radius 2 is 1.40 bits per heavy atom. The Labute approximate surface area is 177 Å². The summed E-state index contributed by atoms with van der Waals surface area (Å²) in [5.74, 6) is -0.111. The van der Waals surface area contributed by atoms with Crippen LogP contribution in [0.25, 0.3) is 0 Å². The number of imide groups is 1. The van der Waals surface area contributed by atoms with Gasteiger partial charge in [-0.3, -0.25) is 24.1 Å². The highest BCUT2D eigenvalue weighted by molar-refractivity contribution is 6.21. The Hall–Kier alpha value is -2.70. The number of fused-ring (bicyclic) bond motifs is 1. The van der Waals surface area contributed by atoms with Gasteiger partial charge in [-0.2, -0.15) is 0 Å². The first-order valence-electron chi connectivity index (χ1n) is 11.1. The first-order chi connectivity index (χ1) is 14.6. The molecular weight excluding hydrogens is 382 g/mol. The van der Waals surface area contributed by atoms with Crippen LogP contribution in [0, 0.1) is 5.92 Å². The molecule has 160 valence electrons. The fourth-order valence-corrected chi connectivity index (χ4v) is 4.77. The van der Waals surface area contributed by atoms with Crippen molar-refractivity contribution in [2.75, 3.05) is 32.7 Å². The normalized spacial score (nSPS) is 19.9. The maximum Gasteiger partial charge on any atom is 0.261 e. The van der Waals surface area contributed by atoms with E-state index in [9.17, 15) is 19.2 Å². The molecule has 4 amide bonds. The first kappa shape index (κ1) is 20.6. The smallest absolute Gasteiger partial charge is 0.261 e. The number of nitrogens with zero attached hydrogens (tertiary/aromatic N) is 3. The van der Waals surface area contributed by atoms with Gasteiger partial charge in [0.2, 0.25) is 11.8 Å². The molecule has 0 spiro atoms. The van der Waals surface area contributed by atoms with E-state index in [-0.39, 0.29) is 36.1 Å². The van der Waals surface area contributed by atoms with Gasteiger partial charge in [0.15, 0.2) is 0 Å². The monoisotopic (exact) mass is 411 g/mol. The van der Waals surface area contributed by atoms with Crippen LogP contribution >= 0.6 is 0 Å². The standard InChI is InChI=1S/C23H29N3O4/c27-20(11-6-12-26-22(29)18-9-4-5-10-19(18)23(26)30)24-13-15-25(16-14-24)21(28)17-7-2-1-3-8-17/h4-5,9-10,17H,1-3,6-8,11-16H2. The Morgan fingerprint density at radius 3 is 2.00 bits per heavy atom. The molecule has 7 heteroatoms. The van der Waals surface area contributed by atoms with Crippen molar-refractivity contribution in [1.29, 1.82) is 0 Å². The first-order valence-corrected chi connectivity index (χ1v) is 11.1. The maximum absolute atomic E-state index is 12.7. The van der Waals surface area contributed by atoms with Crippen LogP contribution < -0.4 is 0 Å². The fourth-order valence-electron chi connectivity index (χ4n) is 4.77. The molecule has 3 aliphatic rings. The molecule has 0 aromatic heterocycles. The second-order valence-electron chi connectivity index (χ2n) is 8.45. The summed E-state index contributed by atoms with van der Waals surface area (Å²) in [7, 11) is 0. The zero-order chi connectivity index (χ0) is 21.1. The molecular formula is C23H29N3O4. The number of hydrogen-bond donors (Lipinski definition) is 0. The summed E-state index contributed by atoms with van der Waals surface area (Å²) < 4.78 is 0. The number of carbonyl (C=O) groups is 4. The van der Waals surface area contributed by atoms with Crippen LogP contribution in [0.4, 0.5) is 0 Å². The molecule has 7 nitrogen and oxygen atoms in total. The number of rotatable bonds is 5. The van der Waals surface area contributed by atoms with E-state index < -0.39 is 0 Å². The summed E-state index contributed by atoms with van der Waals surface area (Å²) in [6.07, 6.45) is 6.25. The third-order valence-corrected chi connectivity index (χ3v) is 6.55. The van der Waals surface area contributed by atoms with Crippen molar-refractivity contribution in [2.45, 2.75) is 44.9 Å². The Morgan fingerprint density at radius 1 is 0.833 bits per heavy atom. The van der Waals surface area contributed by atoms with Crippen LogP contribution in [0.5, 0.6) is 0 Å². The summed E-state index contributed by atoms with van der Waals surface area (Å²) in [5, 5.41) is 0. The van der Waals surface area contributed by atoms with E-state index in [1.807, 2.05) is 4.90 Å². The van der Waals surface area contributed by atoms with Crippen LogP contribution in [0.15, 0.2) is 24.3 Å². The molecule has 1 saturated heterocycles. The Balaban J connectivity index is 1.21. The minimum absolute atomic E-state index is 0.0244. The number of carbonyl (C=O) groups excluding carboxylic acids is 4. The molecule has 30 heavy (non-hydrogen) atoms. The molecule has 2 aliphatic heterocycles. The third-order valence-electron chi connectivity index (χ3n) is 6.55. The lowest BCUT2D eigenvalue weighted by atomic mass is 9.88. The number of benzene rings is 1. The average Bonchev–Trinajstić information content (AvgIpc) is 3.04. The molecule has 2 heterocycles. The lowest BCUT2D eigenvalue weighted by molar-refractivity contribution is -0.142. The zero-order valence-electron chi connectivity index (χ0n) is 17.3. The van der Waals surface area contributed by atoms with Gasteiger partial charge >= 0.3 is 0 Å². The predicted octanol–water partition coefficient (Wildman–Crippen LogP) is 2.31. The maximum atomic E-state index is 12.7. The van der Waals surface area contributed by atoms with Crippen molar-refractivity contribution in [3.63, 3.8) is 0 Å². The predicted molar refractivity (Wildman–Crippen MR) is 111 cm³/mol. The van der Waals surface area contributed by atoms with Crippen molar-refractivity contribution in [3.05, 3.63) is 35.4 Å². The Kier molecular flexibility index (Phi) is 6.16. The zero-order valence-corrected chi connectivity index (χ0v) is 17.3. The van der Waals surface area contributed by atoms with E-state index in [1.165, 1.54) is 11.3 Å². The van der Waals surface area contributed by atoms with Gasteiger partial charge in [-0.25, -0.2) is 0 Å². The molecule has 0 radical (unpaired) electrons. The lowest BCUT2D eigenvalue weighted by Crippen LogP contribution is -2.52. The van der Waals surface area contributed by atoms with Crippen molar-refractivity contribution in [2.24, 2.45) is 5.92 Å².